The van der Waals surface area contributed by atoms with E-state index in [1.165, 1.54) is 30.3 Å². The topological polar surface area (TPSA) is 316 Å². The minimum absolute atomic E-state index is 0.0531. The number of rotatable bonds is 11. The summed E-state index contributed by atoms with van der Waals surface area (Å²) in [5, 5.41) is 28.3. The minimum atomic E-state index is -5.46. The van der Waals surface area contributed by atoms with Gasteiger partial charge >= 0.3 is 10.1 Å². The van der Waals surface area contributed by atoms with Gasteiger partial charge in [0.2, 0.25) is 0 Å². The van der Waals surface area contributed by atoms with E-state index >= 15 is 0 Å². The van der Waals surface area contributed by atoms with Crippen LogP contribution in [0.4, 0.5) is 17.1 Å². The Morgan fingerprint density at radius 2 is 1.41 bits per heavy atom. The molecule has 7 N–H and O–H groups in total. The van der Waals surface area contributed by atoms with Gasteiger partial charge in [-0.2, -0.15) is 33.7 Å². The Kier molecular flexibility index (Phi) is 10.1. The molecule has 0 amide bonds. The van der Waals surface area contributed by atoms with E-state index in [0.717, 1.165) is 24.3 Å². The Hall–Kier alpha value is -4.47. The first-order valence-electron chi connectivity index (χ1n) is 13.3. The largest absolute Gasteiger partial charge is 0.507 e. The average molecular weight is 804 g/mol. The molecule has 0 aliphatic carbocycles. The smallest absolute Gasteiger partial charge is 0.339 e. The van der Waals surface area contributed by atoms with Crippen molar-refractivity contribution < 1.29 is 71.2 Å². The van der Waals surface area contributed by atoms with Crippen LogP contribution in [-0.4, -0.2) is 57.7 Å². The fraction of sp³-hybridized carbons (Fsp3) is 0.0370. The van der Waals surface area contributed by atoms with E-state index in [9.17, 15) is 52.4 Å². The third-order valence-corrected chi connectivity index (χ3v) is 11.4. The zero-order valence-electron chi connectivity index (χ0n) is 25.1. The van der Waals surface area contributed by atoms with Gasteiger partial charge in [-0.3, -0.25) is 13.7 Å². The summed E-state index contributed by atoms with van der Waals surface area (Å²) in [5.41, 5.74) is 4.54. The SMILES string of the molecule is Cc1ccc(S(=O)(=O)Oc2cc(S(=O)(=O)O)cc3c(S(=O)(=O)O)c(N=Nc4c(S(=O)(=O)O)cc5cc(SOOO)cc(O)c5c4N)ccc23)cc1. The van der Waals surface area contributed by atoms with Gasteiger partial charge in [-0.15, -0.1) is 14.6 Å². The summed E-state index contributed by atoms with van der Waals surface area (Å²) in [6.45, 7) is 1.68. The molecule has 5 rings (SSSR count). The van der Waals surface area contributed by atoms with Gasteiger partial charge in [-0.05, 0) is 60.8 Å². The molecule has 0 bridgehead atoms. The second kappa shape index (κ2) is 13.6. The van der Waals surface area contributed by atoms with Crippen LogP contribution in [0.1, 0.15) is 5.56 Å². The molecule has 0 atom stereocenters. The number of hydrogen-bond acceptors (Lipinski definition) is 17. The number of azo groups is 1. The van der Waals surface area contributed by atoms with Crippen molar-refractivity contribution in [3.8, 4) is 11.5 Å². The van der Waals surface area contributed by atoms with Crippen molar-refractivity contribution in [2.75, 3.05) is 5.73 Å². The summed E-state index contributed by atoms with van der Waals surface area (Å²) < 4.78 is 140. The maximum atomic E-state index is 13.1. The highest BCUT2D eigenvalue weighted by molar-refractivity contribution is 7.94. The molecule has 0 aliphatic heterocycles. The van der Waals surface area contributed by atoms with Crippen LogP contribution in [0.15, 0.2) is 101 Å². The highest BCUT2D eigenvalue weighted by Crippen LogP contribution is 2.45. The van der Waals surface area contributed by atoms with Crippen molar-refractivity contribution in [2.24, 2.45) is 10.2 Å². The van der Waals surface area contributed by atoms with Crippen LogP contribution in [0.2, 0.25) is 0 Å². The van der Waals surface area contributed by atoms with Crippen molar-refractivity contribution in [3.05, 3.63) is 72.3 Å². The first-order chi connectivity index (χ1) is 23.6. The standard InChI is InChI=1S/C27H21N3O16S5/c1-13-2-4-16(5-3-13)51(42,43)44-22-12-17(48(33,34)35)11-19-18(22)6-7-20(27(19)50(39,40)41)29-30-26-23(49(36,37)38)9-14-8-15(47-46-45-32)10-21(31)24(14)25(26)28/h2-12,31-32H,28H2,1H3,(H,33,34,35)(H,36,37,38)(H,39,40,41). The monoisotopic (exact) mass is 803 g/mol. The molecule has 5 aromatic rings. The van der Waals surface area contributed by atoms with Crippen molar-refractivity contribution in [2.45, 2.75) is 31.4 Å². The van der Waals surface area contributed by atoms with Crippen molar-refractivity contribution >= 4 is 91.1 Å². The fourth-order valence-electron chi connectivity index (χ4n) is 4.77. The Morgan fingerprint density at radius 1 is 0.745 bits per heavy atom. The highest BCUT2D eigenvalue weighted by Gasteiger charge is 2.28. The summed E-state index contributed by atoms with van der Waals surface area (Å²) in [6.07, 6.45) is 0. The molecule has 270 valence electrons. The third kappa shape index (κ3) is 7.90. The van der Waals surface area contributed by atoms with Crippen LogP contribution >= 0.6 is 12.0 Å². The van der Waals surface area contributed by atoms with Gasteiger partial charge in [-0.1, -0.05) is 22.7 Å². The summed E-state index contributed by atoms with van der Waals surface area (Å²) in [4.78, 5) is -3.61. The molecule has 0 saturated heterocycles. The Morgan fingerprint density at radius 3 is 2.00 bits per heavy atom. The van der Waals surface area contributed by atoms with Gasteiger partial charge in [0.25, 0.3) is 30.4 Å². The number of nitrogens with zero attached hydrogens (tertiary/aromatic N) is 2. The molecule has 0 radical (unpaired) electrons. The quantitative estimate of drug-likeness (QED) is 0.0196. The number of benzene rings is 5. The van der Waals surface area contributed by atoms with Crippen LogP contribution in [0.3, 0.4) is 0 Å². The highest BCUT2D eigenvalue weighted by atomic mass is 32.2. The number of hydrogen-bond donors (Lipinski definition) is 6. The lowest BCUT2D eigenvalue weighted by molar-refractivity contribution is -0.432. The fourth-order valence-corrected chi connectivity index (χ4v) is 8.17. The first-order valence-corrected chi connectivity index (χ1v) is 19.8. The van der Waals surface area contributed by atoms with E-state index in [1.807, 2.05) is 0 Å². The molecule has 0 aliphatic rings. The van der Waals surface area contributed by atoms with Crippen molar-refractivity contribution in [1.82, 2.24) is 0 Å². The molecule has 0 spiro atoms. The van der Waals surface area contributed by atoms with Gasteiger partial charge in [0.1, 0.15) is 31.8 Å². The number of phenolic OH excluding ortho intramolecular Hbond substituents is 1. The molecule has 0 heterocycles. The van der Waals surface area contributed by atoms with Crippen LogP contribution in [-0.2, 0) is 49.8 Å². The molecule has 51 heavy (non-hydrogen) atoms. The first kappa shape index (κ1) is 37.8. The third-order valence-electron chi connectivity index (χ3n) is 6.93. The lowest BCUT2D eigenvalue weighted by Crippen LogP contribution is -2.11. The maximum absolute atomic E-state index is 13.1. The van der Waals surface area contributed by atoms with Crippen LogP contribution in [0, 0.1) is 6.92 Å². The molecule has 5 aromatic carbocycles. The number of aryl methyl sites for hydroxylation is 1. The van der Waals surface area contributed by atoms with Gasteiger partial charge in [0.05, 0.1) is 22.6 Å². The lowest BCUT2D eigenvalue weighted by atomic mass is 10.1. The molecule has 19 nitrogen and oxygen atoms in total. The van der Waals surface area contributed by atoms with E-state index in [0.29, 0.717) is 29.7 Å². The molecular formula is C27H21N3O16S5. The van der Waals surface area contributed by atoms with E-state index in [4.69, 9.17) is 15.2 Å². The normalized spacial score (nSPS) is 13.0. The molecule has 0 fully saturated rings. The van der Waals surface area contributed by atoms with Crippen molar-refractivity contribution in [3.63, 3.8) is 0 Å². The Labute approximate surface area is 292 Å². The number of nitrogens with two attached hydrogens (primary N) is 1. The summed E-state index contributed by atoms with van der Waals surface area (Å²) in [7, 11) is -20.6. The Balaban J connectivity index is 1.76. The number of nitrogen functional groups attached to an aromatic ring is 1. The zero-order chi connectivity index (χ0) is 37.7. The summed E-state index contributed by atoms with van der Waals surface area (Å²) >= 11 is 0.388. The van der Waals surface area contributed by atoms with Gasteiger partial charge < -0.3 is 15.0 Å². The lowest BCUT2D eigenvalue weighted by Gasteiger charge is -2.14. The van der Waals surface area contributed by atoms with Gasteiger partial charge in [0.15, 0.2) is 5.75 Å². The summed E-state index contributed by atoms with van der Waals surface area (Å²) in [5.74, 6) is -1.40. The molecule has 24 heteroatoms. The van der Waals surface area contributed by atoms with Crippen molar-refractivity contribution in [1.29, 1.82) is 0 Å². The maximum Gasteiger partial charge on any atom is 0.339 e. The molecule has 0 unspecified atom stereocenters. The van der Waals surface area contributed by atoms with E-state index < -0.39 is 94.5 Å². The average Bonchev–Trinajstić information content (AvgIpc) is 3.01. The second-order valence-electron chi connectivity index (χ2n) is 10.3. The van der Waals surface area contributed by atoms with Gasteiger partial charge in [0, 0.05) is 27.1 Å². The number of aromatic hydroxyl groups is 1. The molecular weight excluding hydrogens is 783 g/mol. The predicted octanol–water partition coefficient (Wildman–Crippen LogP) is 4.94. The predicted molar refractivity (Wildman–Crippen MR) is 177 cm³/mol. The number of phenols is 1. The minimum Gasteiger partial charge on any atom is -0.507 e. The van der Waals surface area contributed by atoms with Crippen LogP contribution < -0.4 is 9.92 Å². The van der Waals surface area contributed by atoms with E-state index in [1.54, 1.807) is 6.92 Å². The molecule has 0 aromatic heterocycles. The van der Waals surface area contributed by atoms with E-state index in [2.05, 4.69) is 19.6 Å². The van der Waals surface area contributed by atoms with Gasteiger partial charge in [-0.25, -0.2) is 5.26 Å². The number of anilines is 1. The Bertz CT molecular complexity index is 2720. The second-order valence-corrected chi connectivity index (χ2v) is 16.8. The zero-order valence-corrected chi connectivity index (χ0v) is 29.2. The number of fused-ring (bicyclic) bond motifs is 2. The summed E-state index contributed by atoms with van der Waals surface area (Å²) in [6, 6.07) is 11.3. The van der Waals surface area contributed by atoms with Crippen LogP contribution in [0.5, 0.6) is 11.5 Å². The van der Waals surface area contributed by atoms with E-state index in [-0.39, 0.29) is 20.6 Å². The van der Waals surface area contributed by atoms with Crippen LogP contribution in [0.25, 0.3) is 21.5 Å². The molecule has 0 saturated carbocycles.